The highest BCUT2D eigenvalue weighted by molar-refractivity contribution is 5.58. The molecule has 0 fully saturated rings. The van der Waals surface area contributed by atoms with Crippen molar-refractivity contribution in [3.05, 3.63) is 52.4 Å². The summed E-state index contributed by atoms with van der Waals surface area (Å²) in [7, 11) is 0. The van der Waals surface area contributed by atoms with Crippen molar-refractivity contribution in [1.29, 1.82) is 5.26 Å². The molecule has 0 unspecified atom stereocenters. The number of benzene rings is 2. The van der Waals surface area contributed by atoms with Gasteiger partial charge in [0.15, 0.2) is 11.5 Å². The van der Waals surface area contributed by atoms with Crippen LogP contribution in [0, 0.1) is 23.2 Å². The van der Waals surface area contributed by atoms with Gasteiger partial charge in [-0.2, -0.15) is 5.26 Å². The topological polar surface area (TPSA) is 82.7 Å². The Morgan fingerprint density at radius 3 is 2.68 bits per heavy atom. The predicted molar refractivity (Wildman–Crippen MR) is 69.5 cm³/mol. The molecule has 0 aromatic heterocycles. The van der Waals surface area contributed by atoms with Crippen LogP contribution in [0.3, 0.4) is 0 Å². The summed E-state index contributed by atoms with van der Waals surface area (Å²) in [5, 5.41) is 21.6. The van der Waals surface area contributed by atoms with E-state index >= 15 is 0 Å². The summed E-state index contributed by atoms with van der Waals surface area (Å²) < 4.78 is 5.46. The van der Waals surface area contributed by atoms with E-state index in [0.29, 0.717) is 16.9 Å². The average Bonchev–Trinajstić information content (AvgIpc) is 2.42. The molecule has 0 saturated carbocycles. The lowest BCUT2D eigenvalue weighted by Crippen LogP contribution is -1.89. The Morgan fingerprint density at radius 2 is 2.00 bits per heavy atom. The molecular formula is C14H10N2O3. The molecule has 0 bridgehead atoms. The first-order chi connectivity index (χ1) is 9.15. The van der Waals surface area contributed by atoms with Crippen molar-refractivity contribution in [3.8, 4) is 23.3 Å². The van der Waals surface area contributed by atoms with Gasteiger partial charge in [0.1, 0.15) is 17.5 Å². The standard InChI is InChI=1S/C14H10N2O3/c1-9-6-12(17)14(7-11(9)16-18)19-13-5-3-2-4-10(13)8-15/h2-7,17H,1H3. The third kappa shape index (κ3) is 2.53. The number of aryl methyl sites for hydroxylation is 1. The summed E-state index contributed by atoms with van der Waals surface area (Å²) in [6.07, 6.45) is 0. The molecule has 0 atom stereocenters. The van der Waals surface area contributed by atoms with Crippen LogP contribution in [0.1, 0.15) is 11.1 Å². The highest BCUT2D eigenvalue weighted by Gasteiger charge is 2.11. The van der Waals surface area contributed by atoms with E-state index in [2.05, 4.69) is 5.18 Å². The Labute approximate surface area is 109 Å². The molecule has 2 aromatic rings. The molecule has 5 heteroatoms. The lowest BCUT2D eigenvalue weighted by Gasteiger charge is -2.10. The first-order valence-corrected chi connectivity index (χ1v) is 5.49. The van der Waals surface area contributed by atoms with E-state index in [9.17, 15) is 10.0 Å². The van der Waals surface area contributed by atoms with Crippen LogP contribution in [0.5, 0.6) is 17.2 Å². The number of hydrogen-bond acceptors (Lipinski definition) is 5. The number of nitroso groups, excluding NO2 is 1. The van der Waals surface area contributed by atoms with E-state index in [0.717, 1.165) is 0 Å². The van der Waals surface area contributed by atoms with E-state index in [1.165, 1.54) is 12.1 Å². The fourth-order valence-corrected chi connectivity index (χ4v) is 1.61. The van der Waals surface area contributed by atoms with E-state index in [-0.39, 0.29) is 17.2 Å². The maximum atomic E-state index is 10.6. The van der Waals surface area contributed by atoms with Crippen molar-refractivity contribution < 1.29 is 9.84 Å². The lowest BCUT2D eigenvalue weighted by atomic mass is 10.1. The molecule has 19 heavy (non-hydrogen) atoms. The van der Waals surface area contributed by atoms with E-state index in [1.807, 2.05) is 6.07 Å². The second-order valence-corrected chi connectivity index (χ2v) is 3.91. The predicted octanol–water partition coefficient (Wildman–Crippen LogP) is 3.76. The van der Waals surface area contributed by atoms with Crippen molar-refractivity contribution >= 4 is 5.69 Å². The van der Waals surface area contributed by atoms with Gasteiger partial charge in [-0.25, -0.2) is 0 Å². The van der Waals surface area contributed by atoms with Gasteiger partial charge in [-0.05, 0) is 35.9 Å². The van der Waals surface area contributed by atoms with Crippen LogP contribution < -0.4 is 4.74 Å². The molecule has 94 valence electrons. The summed E-state index contributed by atoms with van der Waals surface area (Å²) in [5.74, 6) is 0.279. The zero-order valence-corrected chi connectivity index (χ0v) is 10.1. The van der Waals surface area contributed by atoms with E-state index in [1.54, 1.807) is 31.2 Å². The molecule has 0 amide bonds. The van der Waals surface area contributed by atoms with Gasteiger partial charge in [0.2, 0.25) is 0 Å². The Bertz CT molecular complexity index is 675. The zero-order valence-electron chi connectivity index (χ0n) is 10.1. The van der Waals surface area contributed by atoms with Crippen molar-refractivity contribution in [2.24, 2.45) is 5.18 Å². The second-order valence-electron chi connectivity index (χ2n) is 3.91. The highest BCUT2D eigenvalue weighted by Crippen LogP contribution is 2.37. The molecule has 1 N–H and O–H groups in total. The summed E-state index contributed by atoms with van der Waals surface area (Å²) in [4.78, 5) is 10.6. The molecule has 5 nitrogen and oxygen atoms in total. The van der Waals surface area contributed by atoms with E-state index in [4.69, 9.17) is 10.00 Å². The zero-order chi connectivity index (χ0) is 13.8. The number of aromatic hydroxyl groups is 1. The third-order valence-corrected chi connectivity index (χ3v) is 2.60. The summed E-state index contributed by atoms with van der Waals surface area (Å²) >= 11 is 0. The van der Waals surface area contributed by atoms with Gasteiger partial charge in [-0.1, -0.05) is 12.1 Å². The second kappa shape index (κ2) is 5.19. The molecule has 0 aliphatic rings. The number of para-hydroxylation sites is 1. The Morgan fingerprint density at radius 1 is 1.26 bits per heavy atom. The number of phenolic OH excluding ortho intramolecular Hbond substituents is 1. The van der Waals surface area contributed by atoms with Gasteiger partial charge in [-0.3, -0.25) is 0 Å². The molecule has 2 aromatic carbocycles. The number of nitriles is 1. The minimum absolute atomic E-state index is 0.0860. The van der Waals surface area contributed by atoms with Gasteiger partial charge in [-0.15, -0.1) is 4.91 Å². The van der Waals surface area contributed by atoms with Crippen LogP contribution in [0.4, 0.5) is 5.69 Å². The Hall–Kier alpha value is -2.87. The van der Waals surface area contributed by atoms with Crippen LogP contribution in [0.2, 0.25) is 0 Å². The van der Waals surface area contributed by atoms with Gasteiger partial charge in [0.25, 0.3) is 0 Å². The Balaban J connectivity index is 2.44. The number of ether oxygens (including phenoxy) is 1. The van der Waals surface area contributed by atoms with Crippen LogP contribution in [0.25, 0.3) is 0 Å². The molecular weight excluding hydrogens is 244 g/mol. The molecule has 0 aliphatic carbocycles. The molecule has 0 spiro atoms. The number of rotatable bonds is 3. The molecule has 2 rings (SSSR count). The fraction of sp³-hybridized carbons (Fsp3) is 0.0714. The maximum Gasteiger partial charge on any atom is 0.171 e. The van der Waals surface area contributed by atoms with Crippen LogP contribution in [-0.2, 0) is 0 Å². The first-order valence-electron chi connectivity index (χ1n) is 5.49. The quantitative estimate of drug-likeness (QED) is 0.845. The number of phenols is 1. The number of hydrogen-bond donors (Lipinski definition) is 1. The minimum Gasteiger partial charge on any atom is -0.504 e. The summed E-state index contributed by atoms with van der Waals surface area (Å²) in [6, 6.07) is 11.3. The SMILES string of the molecule is Cc1cc(O)c(Oc2ccccc2C#N)cc1N=O. The normalized spacial score (nSPS) is 9.68. The smallest absolute Gasteiger partial charge is 0.171 e. The molecule has 0 radical (unpaired) electrons. The third-order valence-electron chi connectivity index (χ3n) is 2.60. The average molecular weight is 254 g/mol. The molecule has 0 aliphatic heterocycles. The van der Waals surface area contributed by atoms with Gasteiger partial charge in [0, 0.05) is 6.07 Å². The van der Waals surface area contributed by atoms with Gasteiger partial charge >= 0.3 is 0 Å². The molecule has 0 heterocycles. The van der Waals surface area contributed by atoms with Crippen LogP contribution >= 0.6 is 0 Å². The van der Waals surface area contributed by atoms with Crippen molar-refractivity contribution in [2.75, 3.05) is 0 Å². The van der Waals surface area contributed by atoms with Crippen molar-refractivity contribution in [1.82, 2.24) is 0 Å². The summed E-state index contributed by atoms with van der Waals surface area (Å²) in [5.41, 5.74) is 1.07. The highest BCUT2D eigenvalue weighted by atomic mass is 16.5. The largest absolute Gasteiger partial charge is 0.504 e. The van der Waals surface area contributed by atoms with Crippen LogP contribution in [0.15, 0.2) is 41.6 Å². The monoisotopic (exact) mass is 254 g/mol. The van der Waals surface area contributed by atoms with E-state index < -0.39 is 0 Å². The van der Waals surface area contributed by atoms with Crippen molar-refractivity contribution in [3.63, 3.8) is 0 Å². The minimum atomic E-state index is -0.113. The maximum absolute atomic E-state index is 10.6. The molecule has 0 saturated heterocycles. The summed E-state index contributed by atoms with van der Waals surface area (Å²) in [6.45, 7) is 1.66. The fourth-order valence-electron chi connectivity index (χ4n) is 1.61. The van der Waals surface area contributed by atoms with Gasteiger partial charge < -0.3 is 9.84 Å². The lowest BCUT2D eigenvalue weighted by molar-refractivity contribution is 0.410. The van der Waals surface area contributed by atoms with Crippen LogP contribution in [-0.4, -0.2) is 5.11 Å². The van der Waals surface area contributed by atoms with Gasteiger partial charge in [0.05, 0.1) is 5.56 Å². The van der Waals surface area contributed by atoms with Crippen molar-refractivity contribution in [2.45, 2.75) is 6.92 Å². The Kier molecular flexibility index (Phi) is 3.44. The number of nitrogens with zero attached hydrogens (tertiary/aromatic N) is 2. The first kappa shape index (κ1) is 12.6.